The SMILES string of the molecule is O=C(CN1CCCC1)NN1CCC(COCc2cc(C(F)(F)F)cc(C(F)(F)F)c2)(c2ccccc2)CC1. The van der Waals surface area contributed by atoms with E-state index in [1.807, 2.05) is 35.3 Å². The Morgan fingerprint density at radius 3 is 2.00 bits per heavy atom. The maximum atomic E-state index is 13.2. The lowest BCUT2D eigenvalue weighted by Gasteiger charge is -2.42. The molecule has 11 heteroatoms. The second-order valence-electron chi connectivity index (χ2n) is 10.1. The van der Waals surface area contributed by atoms with Crippen molar-refractivity contribution in [1.82, 2.24) is 15.3 Å². The Morgan fingerprint density at radius 1 is 0.868 bits per heavy atom. The summed E-state index contributed by atoms with van der Waals surface area (Å²) >= 11 is 0. The van der Waals surface area contributed by atoms with Gasteiger partial charge in [0.25, 0.3) is 0 Å². The number of piperidine rings is 1. The largest absolute Gasteiger partial charge is 0.416 e. The summed E-state index contributed by atoms with van der Waals surface area (Å²) in [6, 6.07) is 11.0. The minimum Gasteiger partial charge on any atom is -0.376 e. The zero-order chi connectivity index (χ0) is 27.4. The van der Waals surface area contributed by atoms with Gasteiger partial charge in [-0.2, -0.15) is 26.3 Å². The Labute approximate surface area is 217 Å². The fourth-order valence-corrected chi connectivity index (χ4v) is 5.18. The van der Waals surface area contributed by atoms with Gasteiger partial charge >= 0.3 is 12.4 Å². The molecule has 0 unspecified atom stereocenters. The molecule has 2 aromatic rings. The summed E-state index contributed by atoms with van der Waals surface area (Å²) in [5.74, 6) is -0.0691. The monoisotopic (exact) mass is 543 g/mol. The van der Waals surface area contributed by atoms with Gasteiger partial charge < -0.3 is 4.74 Å². The molecule has 0 radical (unpaired) electrons. The van der Waals surface area contributed by atoms with E-state index < -0.39 is 35.5 Å². The minimum atomic E-state index is -4.91. The maximum Gasteiger partial charge on any atom is 0.416 e. The fraction of sp³-hybridized carbons (Fsp3) is 0.519. The number of nitrogens with zero attached hydrogens (tertiary/aromatic N) is 2. The predicted molar refractivity (Wildman–Crippen MR) is 129 cm³/mol. The average Bonchev–Trinajstić information content (AvgIpc) is 3.37. The molecule has 2 heterocycles. The van der Waals surface area contributed by atoms with Crippen LogP contribution in [0.5, 0.6) is 0 Å². The van der Waals surface area contributed by atoms with Crippen LogP contribution in [0, 0.1) is 0 Å². The first-order valence-electron chi connectivity index (χ1n) is 12.6. The van der Waals surface area contributed by atoms with E-state index in [-0.39, 0.29) is 24.1 Å². The maximum absolute atomic E-state index is 13.2. The summed E-state index contributed by atoms with van der Waals surface area (Å²) in [6.45, 7) is 2.97. The molecule has 0 saturated carbocycles. The summed E-state index contributed by atoms with van der Waals surface area (Å²) in [6.07, 6.45) is -6.45. The van der Waals surface area contributed by atoms with E-state index in [0.29, 0.717) is 44.6 Å². The van der Waals surface area contributed by atoms with Gasteiger partial charge in [0.1, 0.15) is 0 Å². The lowest BCUT2D eigenvalue weighted by Crippen LogP contribution is -2.53. The summed E-state index contributed by atoms with van der Waals surface area (Å²) in [5, 5.41) is 1.86. The Hall–Kier alpha value is -2.63. The highest BCUT2D eigenvalue weighted by molar-refractivity contribution is 5.77. The van der Waals surface area contributed by atoms with E-state index in [9.17, 15) is 31.1 Å². The van der Waals surface area contributed by atoms with Crippen molar-refractivity contribution >= 4 is 5.91 Å². The molecule has 2 saturated heterocycles. The molecule has 2 fully saturated rings. The highest BCUT2D eigenvalue weighted by Gasteiger charge is 2.39. The summed E-state index contributed by atoms with van der Waals surface area (Å²) in [5.41, 5.74) is 0.526. The molecule has 2 aromatic carbocycles. The van der Waals surface area contributed by atoms with E-state index in [1.54, 1.807) is 0 Å². The zero-order valence-electron chi connectivity index (χ0n) is 20.9. The number of hydrazine groups is 1. The number of amides is 1. The Balaban J connectivity index is 1.42. The summed E-state index contributed by atoms with van der Waals surface area (Å²) < 4.78 is 85.2. The van der Waals surface area contributed by atoms with Crippen molar-refractivity contribution in [2.75, 3.05) is 39.3 Å². The van der Waals surface area contributed by atoms with E-state index in [2.05, 4.69) is 10.3 Å². The van der Waals surface area contributed by atoms with Crippen LogP contribution < -0.4 is 5.43 Å². The van der Waals surface area contributed by atoms with E-state index >= 15 is 0 Å². The molecular formula is C27H31F6N3O2. The van der Waals surface area contributed by atoms with Gasteiger partial charge in [0.05, 0.1) is 30.9 Å². The van der Waals surface area contributed by atoms with Gasteiger partial charge in [-0.1, -0.05) is 30.3 Å². The molecule has 38 heavy (non-hydrogen) atoms. The lowest BCUT2D eigenvalue weighted by atomic mass is 9.73. The van der Waals surface area contributed by atoms with Crippen LogP contribution in [0.25, 0.3) is 0 Å². The molecule has 0 aromatic heterocycles. The van der Waals surface area contributed by atoms with Crippen molar-refractivity contribution in [3.63, 3.8) is 0 Å². The highest BCUT2D eigenvalue weighted by Crippen LogP contribution is 2.38. The molecule has 1 amide bonds. The van der Waals surface area contributed by atoms with Crippen molar-refractivity contribution in [2.24, 2.45) is 0 Å². The number of carbonyl (C=O) groups excluding carboxylic acids is 1. The molecule has 0 atom stereocenters. The van der Waals surface area contributed by atoms with Crippen molar-refractivity contribution in [3.05, 3.63) is 70.8 Å². The van der Waals surface area contributed by atoms with Gasteiger partial charge in [0.2, 0.25) is 5.91 Å². The van der Waals surface area contributed by atoms with Crippen LogP contribution in [0.15, 0.2) is 48.5 Å². The van der Waals surface area contributed by atoms with Crippen LogP contribution in [0.3, 0.4) is 0 Å². The number of nitrogens with one attached hydrogen (secondary N) is 1. The molecule has 4 rings (SSSR count). The van der Waals surface area contributed by atoms with Gasteiger partial charge in [0.15, 0.2) is 0 Å². The molecule has 0 aliphatic carbocycles. The Kier molecular flexibility index (Phi) is 8.68. The van der Waals surface area contributed by atoms with Crippen LogP contribution >= 0.6 is 0 Å². The van der Waals surface area contributed by atoms with Crippen LogP contribution in [0.4, 0.5) is 26.3 Å². The van der Waals surface area contributed by atoms with Crippen molar-refractivity contribution in [3.8, 4) is 0 Å². The van der Waals surface area contributed by atoms with Crippen LogP contribution in [0.1, 0.15) is 47.9 Å². The third-order valence-corrected chi connectivity index (χ3v) is 7.25. The topological polar surface area (TPSA) is 44.8 Å². The van der Waals surface area contributed by atoms with Gasteiger partial charge in [0, 0.05) is 18.5 Å². The molecule has 0 spiro atoms. The second-order valence-corrected chi connectivity index (χ2v) is 10.1. The molecule has 2 aliphatic heterocycles. The smallest absolute Gasteiger partial charge is 0.376 e. The minimum absolute atomic E-state index is 0.0691. The molecule has 5 nitrogen and oxygen atoms in total. The van der Waals surface area contributed by atoms with E-state index in [0.717, 1.165) is 31.5 Å². The molecular weight excluding hydrogens is 512 g/mol. The van der Waals surface area contributed by atoms with Crippen molar-refractivity contribution in [1.29, 1.82) is 0 Å². The number of hydrogen-bond acceptors (Lipinski definition) is 4. The third kappa shape index (κ3) is 7.27. The second kappa shape index (κ2) is 11.6. The number of likely N-dealkylation sites (tertiary alicyclic amines) is 1. The highest BCUT2D eigenvalue weighted by atomic mass is 19.4. The van der Waals surface area contributed by atoms with E-state index in [4.69, 9.17) is 4.74 Å². The van der Waals surface area contributed by atoms with Gasteiger partial charge in [-0.05, 0) is 68.1 Å². The summed E-state index contributed by atoms with van der Waals surface area (Å²) in [7, 11) is 0. The lowest BCUT2D eigenvalue weighted by molar-refractivity contribution is -0.143. The van der Waals surface area contributed by atoms with Crippen LogP contribution in [-0.2, 0) is 33.9 Å². The van der Waals surface area contributed by atoms with Crippen molar-refractivity contribution in [2.45, 2.75) is 50.1 Å². The Bertz CT molecular complexity index is 1040. The van der Waals surface area contributed by atoms with Gasteiger partial charge in [-0.15, -0.1) is 0 Å². The number of halogens is 6. The predicted octanol–water partition coefficient (Wildman–Crippen LogP) is 5.40. The number of alkyl halides is 6. The Morgan fingerprint density at radius 2 is 1.45 bits per heavy atom. The quantitative estimate of drug-likeness (QED) is 0.453. The number of hydrogen-bond donors (Lipinski definition) is 1. The number of rotatable bonds is 8. The van der Waals surface area contributed by atoms with Gasteiger partial charge in [-0.25, -0.2) is 5.01 Å². The first-order valence-corrected chi connectivity index (χ1v) is 12.6. The standard InChI is InChI=1S/C27H31F6N3O2/c28-26(29,30)22-14-20(15-23(16-22)27(31,32)33)18-38-19-25(21-6-2-1-3-7-21)8-12-36(13-9-25)34-24(37)17-35-10-4-5-11-35/h1-3,6-7,14-16H,4-5,8-13,17-19H2,(H,34,37). The molecule has 0 bridgehead atoms. The number of benzene rings is 2. The first-order chi connectivity index (χ1) is 17.9. The molecule has 208 valence electrons. The summed E-state index contributed by atoms with van der Waals surface area (Å²) in [4.78, 5) is 14.6. The molecule has 1 N–H and O–H groups in total. The normalized spacial score (nSPS) is 19.0. The van der Waals surface area contributed by atoms with E-state index in [1.165, 1.54) is 0 Å². The van der Waals surface area contributed by atoms with Crippen LogP contribution in [-0.4, -0.2) is 55.1 Å². The molecule has 2 aliphatic rings. The number of ether oxygens (including phenoxy) is 1. The van der Waals surface area contributed by atoms with Crippen molar-refractivity contribution < 1.29 is 35.9 Å². The van der Waals surface area contributed by atoms with Crippen LogP contribution in [0.2, 0.25) is 0 Å². The fourth-order valence-electron chi connectivity index (χ4n) is 5.18. The third-order valence-electron chi connectivity index (χ3n) is 7.25. The number of carbonyl (C=O) groups is 1. The first kappa shape index (κ1) is 28.4. The zero-order valence-corrected chi connectivity index (χ0v) is 20.9. The van der Waals surface area contributed by atoms with Gasteiger partial charge in [-0.3, -0.25) is 15.1 Å². The average molecular weight is 544 g/mol.